The van der Waals surface area contributed by atoms with Gasteiger partial charge in [0, 0.05) is 17.5 Å². The van der Waals surface area contributed by atoms with Crippen molar-refractivity contribution >= 4 is 11.5 Å². The van der Waals surface area contributed by atoms with Gasteiger partial charge in [-0.15, -0.1) is 0 Å². The van der Waals surface area contributed by atoms with Gasteiger partial charge in [-0.1, -0.05) is 93.6 Å². The van der Waals surface area contributed by atoms with Crippen LogP contribution in [0.15, 0.2) is 85.0 Å². The Morgan fingerprint density at radius 1 is 1.00 bits per heavy atom. The molecule has 2 heteroatoms. The van der Waals surface area contributed by atoms with Crippen LogP contribution in [0.25, 0.3) is 5.57 Å². The molecule has 0 spiro atoms. The molecule has 1 amide bonds. The van der Waals surface area contributed by atoms with Gasteiger partial charge in [-0.25, -0.2) is 0 Å². The van der Waals surface area contributed by atoms with E-state index in [4.69, 9.17) is 0 Å². The second-order valence-corrected chi connectivity index (χ2v) is 7.73. The zero-order valence-corrected chi connectivity index (χ0v) is 16.3. The van der Waals surface area contributed by atoms with Crippen LogP contribution in [0, 0.1) is 5.41 Å². The SMILES string of the molecule is CC(CNC(=O)c1ccccc1)c1ccc(C2=CC=CC(C)(C)C=C2)cc1. The average Bonchev–Trinajstić information content (AvgIpc) is 2.87. The van der Waals surface area contributed by atoms with Gasteiger partial charge in [-0.05, 0) is 34.8 Å². The van der Waals surface area contributed by atoms with E-state index in [1.54, 1.807) is 0 Å². The van der Waals surface area contributed by atoms with E-state index in [2.05, 4.69) is 80.7 Å². The fourth-order valence-electron chi connectivity index (χ4n) is 3.07. The minimum absolute atomic E-state index is 0.0257. The molecular formula is C25H27NO. The monoisotopic (exact) mass is 357 g/mol. The zero-order valence-electron chi connectivity index (χ0n) is 16.3. The lowest BCUT2D eigenvalue weighted by molar-refractivity contribution is 0.0951. The highest BCUT2D eigenvalue weighted by Gasteiger charge is 2.12. The molecule has 0 aliphatic heterocycles. The number of amides is 1. The minimum Gasteiger partial charge on any atom is -0.351 e. The van der Waals surface area contributed by atoms with Crippen LogP contribution < -0.4 is 5.32 Å². The first kappa shape index (κ1) is 18.9. The number of allylic oxidation sites excluding steroid dienone is 6. The molecule has 3 rings (SSSR count). The van der Waals surface area contributed by atoms with Crippen molar-refractivity contribution in [3.05, 3.63) is 102 Å². The molecule has 27 heavy (non-hydrogen) atoms. The lowest BCUT2D eigenvalue weighted by Crippen LogP contribution is -2.27. The molecule has 1 N–H and O–H groups in total. The molecule has 0 radical (unpaired) electrons. The summed E-state index contributed by atoms with van der Waals surface area (Å²) in [7, 11) is 0. The summed E-state index contributed by atoms with van der Waals surface area (Å²) in [5, 5.41) is 3.02. The fourth-order valence-corrected chi connectivity index (χ4v) is 3.07. The summed E-state index contributed by atoms with van der Waals surface area (Å²) in [5.41, 5.74) is 4.43. The Balaban J connectivity index is 1.62. The third-order valence-corrected chi connectivity index (χ3v) is 4.91. The number of hydrogen-bond donors (Lipinski definition) is 1. The Hall–Kier alpha value is -2.87. The molecule has 138 valence electrons. The molecule has 0 saturated heterocycles. The highest BCUT2D eigenvalue weighted by Crippen LogP contribution is 2.27. The third kappa shape index (κ3) is 5.07. The summed E-state index contributed by atoms with van der Waals surface area (Å²) < 4.78 is 0. The molecule has 1 unspecified atom stereocenters. The van der Waals surface area contributed by atoms with E-state index in [0.29, 0.717) is 12.1 Å². The van der Waals surface area contributed by atoms with Crippen LogP contribution in [0.2, 0.25) is 0 Å². The van der Waals surface area contributed by atoms with Gasteiger partial charge >= 0.3 is 0 Å². The van der Waals surface area contributed by atoms with Gasteiger partial charge in [0.15, 0.2) is 0 Å². The second kappa shape index (κ2) is 8.22. The number of carbonyl (C=O) groups excluding carboxylic acids is 1. The molecule has 0 bridgehead atoms. The Labute approximate surface area is 162 Å². The predicted molar refractivity (Wildman–Crippen MR) is 114 cm³/mol. The van der Waals surface area contributed by atoms with Crippen LogP contribution in [0.1, 0.15) is 48.2 Å². The topological polar surface area (TPSA) is 29.1 Å². The highest BCUT2D eigenvalue weighted by atomic mass is 16.1. The lowest BCUT2D eigenvalue weighted by atomic mass is 9.92. The summed E-state index contributed by atoms with van der Waals surface area (Å²) in [6, 6.07) is 18.0. The van der Waals surface area contributed by atoms with Gasteiger partial charge in [0.05, 0.1) is 0 Å². The van der Waals surface area contributed by atoms with Crippen molar-refractivity contribution in [2.45, 2.75) is 26.7 Å². The Bertz CT molecular complexity index is 870. The van der Waals surface area contributed by atoms with Gasteiger partial charge < -0.3 is 5.32 Å². The number of benzene rings is 2. The van der Waals surface area contributed by atoms with Crippen LogP contribution in [0.5, 0.6) is 0 Å². The normalized spacial score (nSPS) is 16.3. The molecule has 1 atom stereocenters. The van der Waals surface area contributed by atoms with Crippen molar-refractivity contribution < 1.29 is 4.79 Å². The van der Waals surface area contributed by atoms with Crippen molar-refractivity contribution in [2.24, 2.45) is 5.41 Å². The van der Waals surface area contributed by atoms with Crippen LogP contribution in [-0.4, -0.2) is 12.5 Å². The summed E-state index contributed by atoms with van der Waals surface area (Å²) >= 11 is 0. The zero-order chi connectivity index (χ0) is 19.3. The van der Waals surface area contributed by atoms with E-state index < -0.39 is 0 Å². The van der Waals surface area contributed by atoms with Crippen molar-refractivity contribution in [1.82, 2.24) is 5.32 Å². The molecular weight excluding hydrogens is 330 g/mol. The summed E-state index contributed by atoms with van der Waals surface area (Å²) in [6.45, 7) is 7.15. The Kier molecular flexibility index (Phi) is 5.75. The molecule has 2 nitrogen and oxygen atoms in total. The van der Waals surface area contributed by atoms with Crippen molar-refractivity contribution in [3.63, 3.8) is 0 Å². The maximum atomic E-state index is 12.2. The minimum atomic E-state index is -0.0257. The first-order valence-electron chi connectivity index (χ1n) is 9.47. The van der Waals surface area contributed by atoms with E-state index in [9.17, 15) is 4.79 Å². The fraction of sp³-hybridized carbons (Fsp3) is 0.240. The molecule has 2 aromatic rings. The molecule has 0 heterocycles. The smallest absolute Gasteiger partial charge is 0.251 e. The van der Waals surface area contributed by atoms with Gasteiger partial charge in [-0.2, -0.15) is 0 Å². The molecule has 0 fully saturated rings. The van der Waals surface area contributed by atoms with Crippen LogP contribution in [-0.2, 0) is 0 Å². The first-order chi connectivity index (χ1) is 12.9. The van der Waals surface area contributed by atoms with Crippen LogP contribution in [0.4, 0.5) is 0 Å². The van der Waals surface area contributed by atoms with Crippen molar-refractivity contribution in [3.8, 4) is 0 Å². The predicted octanol–water partition coefficient (Wildman–Crippen LogP) is 5.76. The number of hydrogen-bond acceptors (Lipinski definition) is 1. The quantitative estimate of drug-likeness (QED) is 0.724. The molecule has 1 aliphatic rings. The third-order valence-electron chi connectivity index (χ3n) is 4.91. The maximum Gasteiger partial charge on any atom is 0.251 e. The van der Waals surface area contributed by atoms with Crippen molar-refractivity contribution in [1.29, 1.82) is 0 Å². The highest BCUT2D eigenvalue weighted by molar-refractivity contribution is 5.94. The summed E-state index contributed by atoms with van der Waals surface area (Å²) in [4.78, 5) is 12.2. The van der Waals surface area contributed by atoms with Gasteiger partial charge in [0.25, 0.3) is 5.91 Å². The van der Waals surface area contributed by atoms with E-state index >= 15 is 0 Å². The van der Waals surface area contributed by atoms with Crippen LogP contribution in [0.3, 0.4) is 0 Å². The molecule has 1 aliphatic carbocycles. The molecule has 0 aromatic heterocycles. The van der Waals surface area contributed by atoms with E-state index in [1.165, 1.54) is 16.7 Å². The van der Waals surface area contributed by atoms with E-state index in [0.717, 1.165) is 0 Å². The van der Waals surface area contributed by atoms with Gasteiger partial charge in [0.2, 0.25) is 0 Å². The number of carbonyl (C=O) groups is 1. The molecule has 0 saturated carbocycles. The molecule has 2 aromatic carbocycles. The lowest BCUT2D eigenvalue weighted by Gasteiger charge is -2.14. The Morgan fingerprint density at radius 2 is 1.70 bits per heavy atom. The average molecular weight is 357 g/mol. The van der Waals surface area contributed by atoms with Gasteiger partial charge in [0.1, 0.15) is 0 Å². The summed E-state index contributed by atoms with van der Waals surface area (Å²) in [6.07, 6.45) is 10.9. The first-order valence-corrected chi connectivity index (χ1v) is 9.47. The standard InChI is InChI=1S/C25H27NO/c1-19(18-26-24(27)23-8-5-4-6-9-23)20-11-13-22(14-12-20)21-10-7-16-25(2,3)17-15-21/h4-17,19H,18H2,1-3H3,(H,26,27). The summed E-state index contributed by atoms with van der Waals surface area (Å²) in [5.74, 6) is 0.228. The largest absolute Gasteiger partial charge is 0.351 e. The number of nitrogens with one attached hydrogen (secondary N) is 1. The van der Waals surface area contributed by atoms with E-state index in [-0.39, 0.29) is 17.2 Å². The van der Waals surface area contributed by atoms with E-state index in [1.807, 2.05) is 30.3 Å². The maximum absolute atomic E-state index is 12.2. The van der Waals surface area contributed by atoms with Crippen molar-refractivity contribution in [2.75, 3.05) is 6.54 Å². The number of rotatable bonds is 5. The van der Waals surface area contributed by atoms with Crippen LogP contribution >= 0.6 is 0 Å². The second-order valence-electron chi connectivity index (χ2n) is 7.73. The van der Waals surface area contributed by atoms with Gasteiger partial charge in [-0.3, -0.25) is 4.79 Å². The Morgan fingerprint density at radius 3 is 2.41 bits per heavy atom.